The van der Waals surface area contributed by atoms with Gasteiger partial charge in [0.25, 0.3) is 0 Å². The number of benzene rings is 7. The molecule has 10 aromatic rings. The van der Waals surface area contributed by atoms with Crippen molar-refractivity contribution in [1.29, 1.82) is 0 Å². The van der Waals surface area contributed by atoms with Crippen LogP contribution in [0.3, 0.4) is 0 Å². The summed E-state index contributed by atoms with van der Waals surface area (Å²) in [5, 5.41) is 5.64. The molecular formula is C47H31N3O. The lowest BCUT2D eigenvalue weighted by molar-refractivity contribution is 0.660. The largest absolute Gasteiger partial charge is 0.456 e. The van der Waals surface area contributed by atoms with Crippen LogP contribution in [0.2, 0.25) is 0 Å². The Morgan fingerprint density at radius 3 is 2.04 bits per heavy atom. The maximum atomic E-state index is 6.14. The zero-order valence-electron chi connectivity index (χ0n) is 28.2. The van der Waals surface area contributed by atoms with E-state index in [2.05, 4.69) is 158 Å². The van der Waals surface area contributed by atoms with Crippen LogP contribution < -0.4 is 0 Å². The predicted octanol–water partition coefficient (Wildman–Crippen LogP) is 12.3. The van der Waals surface area contributed by atoms with Crippen molar-refractivity contribution in [3.05, 3.63) is 163 Å². The molecule has 0 spiro atoms. The van der Waals surface area contributed by atoms with Crippen LogP contribution >= 0.6 is 0 Å². The summed E-state index contributed by atoms with van der Waals surface area (Å²) in [6.07, 6.45) is 0. The van der Waals surface area contributed by atoms with Crippen LogP contribution in [0.1, 0.15) is 25.0 Å². The summed E-state index contributed by atoms with van der Waals surface area (Å²) in [7, 11) is 0. The highest BCUT2D eigenvalue weighted by atomic mass is 16.3. The van der Waals surface area contributed by atoms with Crippen molar-refractivity contribution in [2.45, 2.75) is 19.3 Å². The van der Waals surface area contributed by atoms with Crippen LogP contribution in [0.25, 0.3) is 94.1 Å². The average Bonchev–Trinajstić information content (AvgIpc) is 3.79. The summed E-state index contributed by atoms with van der Waals surface area (Å²) in [6.45, 7) is 4.63. The molecular weight excluding hydrogens is 623 g/mol. The highest BCUT2D eigenvalue weighted by Gasteiger charge is 2.37. The number of hydrogen-bond donors (Lipinski definition) is 0. The minimum Gasteiger partial charge on any atom is -0.456 e. The fourth-order valence-electron chi connectivity index (χ4n) is 8.58. The van der Waals surface area contributed by atoms with E-state index in [4.69, 9.17) is 14.4 Å². The quantitative estimate of drug-likeness (QED) is 0.191. The van der Waals surface area contributed by atoms with Gasteiger partial charge >= 0.3 is 0 Å². The Balaban J connectivity index is 1.15. The number of rotatable bonds is 3. The van der Waals surface area contributed by atoms with Gasteiger partial charge in [0.1, 0.15) is 17.0 Å². The lowest BCUT2D eigenvalue weighted by Crippen LogP contribution is -2.14. The van der Waals surface area contributed by atoms with Gasteiger partial charge in [-0.05, 0) is 81.9 Å². The molecule has 7 aromatic carbocycles. The first-order chi connectivity index (χ1) is 25.0. The predicted molar refractivity (Wildman–Crippen MR) is 210 cm³/mol. The summed E-state index contributed by atoms with van der Waals surface area (Å²) in [5.41, 5.74) is 13.4. The summed E-state index contributed by atoms with van der Waals surface area (Å²) >= 11 is 0. The van der Waals surface area contributed by atoms with E-state index < -0.39 is 0 Å². The van der Waals surface area contributed by atoms with Gasteiger partial charge < -0.3 is 4.42 Å². The number of para-hydroxylation sites is 3. The standard InChI is InChI=1S/C47H31N3O/c1-47(2)37-17-7-3-14-32(37)44-34(16-11-18-38(44)47)45-48-39-19-8-4-15-33(39)46(49-45)50-40-20-9-5-12-30(40)35-26-28(22-24-41(35)50)29-23-25-43-36(27-29)31-13-6-10-21-42(31)51-43/h3-27H,1-2H3. The molecule has 0 aliphatic heterocycles. The Morgan fingerprint density at radius 1 is 0.490 bits per heavy atom. The number of nitrogens with zero attached hydrogens (tertiary/aromatic N) is 3. The third-order valence-corrected chi connectivity index (χ3v) is 11.0. The second-order valence-electron chi connectivity index (χ2n) is 14.2. The molecule has 0 fully saturated rings. The van der Waals surface area contributed by atoms with E-state index in [1.807, 2.05) is 12.1 Å². The molecule has 0 amide bonds. The van der Waals surface area contributed by atoms with Crippen LogP contribution in [0.5, 0.6) is 0 Å². The lowest BCUT2D eigenvalue weighted by Gasteiger charge is -2.21. The number of furan rings is 1. The molecule has 3 heterocycles. The average molecular weight is 654 g/mol. The van der Waals surface area contributed by atoms with Crippen molar-refractivity contribution in [2.24, 2.45) is 0 Å². The second kappa shape index (κ2) is 10.3. The minimum absolute atomic E-state index is 0.110. The molecule has 240 valence electrons. The normalized spacial score (nSPS) is 13.5. The fourth-order valence-corrected chi connectivity index (χ4v) is 8.58. The summed E-state index contributed by atoms with van der Waals surface area (Å²) in [4.78, 5) is 10.7. The van der Waals surface area contributed by atoms with E-state index in [0.717, 1.165) is 72.2 Å². The van der Waals surface area contributed by atoms with Gasteiger partial charge in [0.05, 0.1) is 16.6 Å². The first-order valence-corrected chi connectivity index (χ1v) is 17.5. The van der Waals surface area contributed by atoms with Crippen molar-refractivity contribution in [3.8, 4) is 39.5 Å². The van der Waals surface area contributed by atoms with Crippen LogP contribution in [0, 0.1) is 0 Å². The Labute approximate surface area is 294 Å². The minimum atomic E-state index is -0.110. The third-order valence-electron chi connectivity index (χ3n) is 11.0. The molecule has 0 radical (unpaired) electrons. The molecule has 0 unspecified atom stereocenters. The molecule has 1 aliphatic rings. The molecule has 0 bridgehead atoms. The third kappa shape index (κ3) is 3.96. The Kier molecular flexibility index (Phi) is 5.70. The Bertz CT molecular complexity index is 3070. The van der Waals surface area contributed by atoms with Crippen molar-refractivity contribution < 1.29 is 4.42 Å². The first-order valence-electron chi connectivity index (χ1n) is 17.5. The van der Waals surface area contributed by atoms with Gasteiger partial charge in [0.15, 0.2) is 5.82 Å². The highest BCUT2D eigenvalue weighted by Crippen LogP contribution is 2.51. The van der Waals surface area contributed by atoms with E-state index in [1.54, 1.807) is 0 Å². The van der Waals surface area contributed by atoms with Crippen LogP contribution in [-0.2, 0) is 5.41 Å². The van der Waals surface area contributed by atoms with E-state index in [-0.39, 0.29) is 5.41 Å². The lowest BCUT2D eigenvalue weighted by atomic mass is 9.82. The molecule has 0 atom stereocenters. The molecule has 11 rings (SSSR count). The molecule has 51 heavy (non-hydrogen) atoms. The zero-order valence-corrected chi connectivity index (χ0v) is 28.2. The number of aromatic nitrogens is 3. The van der Waals surface area contributed by atoms with Crippen molar-refractivity contribution in [3.63, 3.8) is 0 Å². The highest BCUT2D eigenvalue weighted by molar-refractivity contribution is 6.12. The molecule has 4 nitrogen and oxygen atoms in total. The SMILES string of the molecule is CC1(C)c2ccccc2-c2c(-c3nc(-n4c5ccccc5c5cc(-c6ccc7oc8ccccc8c7c6)ccc54)c4ccccc4n3)cccc21. The van der Waals surface area contributed by atoms with Gasteiger partial charge in [-0.1, -0.05) is 117 Å². The van der Waals surface area contributed by atoms with Crippen LogP contribution in [-0.4, -0.2) is 14.5 Å². The maximum Gasteiger partial charge on any atom is 0.162 e. The number of fused-ring (bicyclic) bond motifs is 10. The summed E-state index contributed by atoms with van der Waals surface area (Å²) in [5.74, 6) is 1.61. The van der Waals surface area contributed by atoms with Gasteiger partial charge in [-0.15, -0.1) is 0 Å². The molecule has 0 saturated heterocycles. The zero-order chi connectivity index (χ0) is 33.8. The van der Waals surface area contributed by atoms with Crippen molar-refractivity contribution in [1.82, 2.24) is 14.5 Å². The Hall–Kier alpha value is -6.52. The molecule has 4 heteroatoms. The van der Waals surface area contributed by atoms with Gasteiger partial charge in [-0.2, -0.15) is 0 Å². The molecule has 1 aliphatic carbocycles. The van der Waals surface area contributed by atoms with Gasteiger partial charge in [0.2, 0.25) is 0 Å². The van der Waals surface area contributed by atoms with Crippen molar-refractivity contribution in [2.75, 3.05) is 0 Å². The van der Waals surface area contributed by atoms with Crippen LogP contribution in [0.15, 0.2) is 156 Å². The Morgan fingerprint density at radius 2 is 1.14 bits per heavy atom. The molecule has 3 aromatic heterocycles. The monoisotopic (exact) mass is 653 g/mol. The number of hydrogen-bond acceptors (Lipinski definition) is 3. The van der Waals surface area contributed by atoms with Crippen LogP contribution in [0.4, 0.5) is 0 Å². The van der Waals surface area contributed by atoms with E-state index >= 15 is 0 Å². The van der Waals surface area contributed by atoms with Gasteiger partial charge in [0, 0.05) is 37.9 Å². The molecule has 0 saturated carbocycles. The molecule has 0 N–H and O–H groups in total. The maximum absolute atomic E-state index is 6.14. The first kappa shape index (κ1) is 28.3. The van der Waals surface area contributed by atoms with E-state index in [1.165, 1.54) is 33.0 Å². The summed E-state index contributed by atoms with van der Waals surface area (Å²) in [6, 6.07) is 54.0. The fraction of sp³-hybridized carbons (Fsp3) is 0.0638. The smallest absolute Gasteiger partial charge is 0.162 e. The van der Waals surface area contributed by atoms with E-state index in [9.17, 15) is 0 Å². The van der Waals surface area contributed by atoms with E-state index in [0.29, 0.717) is 0 Å². The topological polar surface area (TPSA) is 43.9 Å². The van der Waals surface area contributed by atoms with Gasteiger partial charge in [-0.3, -0.25) is 4.57 Å². The van der Waals surface area contributed by atoms with Crippen molar-refractivity contribution >= 4 is 54.6 Å². The summed E-state index contributed by atoms with van der Waals surface area (Å²) < 4.78 is 8.47. The van der Waals surface area contributed by atoms with Gasteiger partial charge in [-0.25, -0.2) is 9.97 Å². The second-order valence-corrected chi connectivity index (χ2v) is 14.2.